The second-order valence-electron chi connectivity index (χ2n) is 10.0. The molecule has 3 aromatic rings. The normalized spacial score (nSPS) is 18.2. The molecule has 1 amide bonds. The Bertz CT molecular complexity index is 1190. The first-order valence-electron chi connectivity index (χ1n) is 13.2. The minimum atomic E-state index is -0.546. The molecule has 0 aromatic heterocycles. The molecule has 2 heterocycles. The van der Waals surface area contributed by atoms with E-state index in [1.54, 1.807) is 6.08 Å². The molecule has 188 valence electrons. The van der Waals surface area contributed by atoms with Gasteiger partial charge in [-0.2, -0.15) is 0 Å². The lowest BCUT2D eigenvalue weighted by Gasteiger charge is -2.33. The highest BCUT2D eigenvalue weighted by atomic mass is 16.5. The van der Waals surface area contributed by atoms with Gasteiger partial charge in [-0.1, -0.05) is 54.6 Å². The predicted molar refractivity (Wildman–Crippen MR) is 145 cm³/mol. The average Bonchev–Trinajstić information content (AvgIpc) is 3.46. The summed E-state index contributed by atoms with van der Waals surface area (Å²) in [6, 6.07) is 22.9. The Hall–Kier alpha value is -3.15. The van der Waals surface area contributed by atoms with Crippen LogP contribution in [0.15, 0.2) is 72.8 Å². The fourth-order valence-corrected chi connectivity index (χ4v) is 5.49. The van der Waals surface area contributed by atoms with Crippen LogP contribution in [0.2, 0.25) is 0 Å². The Morgan fingerprint density at radius 2 is 1.72 bits per heavy atom. The molecule has 5 rings (SSSR count). The van der Waals surface area contributed by atoms with Gasteiger partial charge in [-0.3, -0.25) is 4.79 Å². The fraction of sp³-hybridized carbons (Fsp3) is 0.387. The first kappa shape index (κ1) is 24.5. The number of rotatable bonds is 8. The van der Waals surface area contributed by atoms with E-state index in [0.717, 1.165) is 57.4 Å². The molecule has 5 nitrogen and oxygen atoms in total. The number of benzene rings is 3. The summed E-state index contributed by atoms with van der Waals surface area (Å²) in [5.41, 5.74) is 2.37. The zero-order valence-corrected chi connectivity index (χ0v) is 20.9. The highest BCUT2D eigenvalue weighted by Crippen LogP contribution is 2.33. The summed E-state index contributed by atoms with van der Waals surface area (Å²) in [6.07, 6.45) is 7.32. The van der Waals surface area contributed by atoms with Crippen molar-refractivity contribution in [1.29, 1.82) is 0 Å². The minimum Gasteiger partial charge on any atom is -0.491 e. The Balaban J connectivity index is 1.08. The first-order valence-corrected chi connectivity index (χ1v) is 13.2. The Kier molecular flexibility index (Phi) is 7.99. The van der Waals surface area contributed by atoms with E-state index < -0.39 is 6.10 Å². The quantitative estimate of drug-likeness (QED) is 0.452. The Labute approximate surface area is 214 Å². The molecule has 36 heavy (non-hydrogen) atoms. The number of aliphatic hydroxyl groups is 1. The number of likely N-dealkylation sites (tertiary alicyclic amines) is 2. The first-order chi connectivity index (χ1) is 17.7. The maximum absolute atomic E-state index is 12.2. The van der Waals surface area contributed by atoms with E-state index in [1.165, 1.54) is 16.3 Å². The molecule has 0 radical (unpaired) electrons. The zero-order valence-electron chi connectivity index (χ0n) is 20.9. The van der Waals surface area contributed by atoms with E-state index in [9.17, 15) is 9.90 Å². The molecule has 0 aliphatic carbocycles. The minimum absolute atomic E-state index is 0.0680. The third kappa shape index (κ3) is 6.15. The number of ether oxygens (including phenoxy) is 1. The van der Waals surface area contributed by atoms with Crippen LogP contribution in [0, 0.1) is 0 Å². The van der Waals surface area contributed by atoms with Gasteiger partial charge in [-0.15, -0.1) is 0 Å². The number of aliphatic hydroxyl groups excluding tert-OH is 1. The van der Waals surface area contributed by atoms with Gasteiger partial charge in [0.25, 0.3) is 0 Å². The van der Waals surface area contributed by atoms with Gasteiger partial charge in [0.2, 0.25) is 5.91 Å². The van der Waals surface area contributed by atoms with Crippen LogP contribution in [0.1, 0.15) is 42.7 Å². The number of nitrogens with zero attached hydrogens (tertiary/aromatic N) is 2. The van der Waals surface area contributed by atoms with Crippen molar-refractivity contribution in [3.63, 3.8) is 0 Å². The van der Waals surface area contributed by atoms with Crippen LogP contribution >= 0.6 is 0 Å². The molecular formula is C31H36N2O3. The molecule has 2 saturated heterocycles. The van der Waals surface area contributed by atoms with Crippen molar-refractivity contribution < 1.29 is 14.6 Å². The number of amides is 1. The van der Waals surface area contributed by atoms with Crippen molar-refractivity contribution in [2.75, 3.05) is 39.3 Å². The Morgan fingerprint density at radius 1 is 0.972 bits per heavy atom. The largest absolute Gasteiger partial charge is 0.491 e. The molecule has 2 aliphatic rings. The van der Waals surface area contributed by atoms with Gasteiger partial charge in [0, 0.05) is 25.7 Å². The van der Waals surface area contributed by atoms with Crippen LogP contribution in [0.4, 0.5) is 0 Å². The van der Waals surface area contributed by atoms with Crippen molar-refractivity contribution >= 4 is 22.8 Å². The molecule has 2 fully saturated rings. The fourth-order valence-electron chi connectivity index (χ4n) is 5.49. The molecule has 0 saturated carbocycles. The maximum Gasteiger partial charge on any atom is 0.246 e. The van der Waals surface area contributed by atoms with Crippen molar-refractivity contribution in [3.8, 4) is 5.75 Å². The number of carbonyl (C=O) groups excluding carboxylic acids is 1. The third-order valence-electron chi connectivity index (χ3n) is 7.46. The summed E-state index contributed by atoms with van der Waals surface area (Å²) in [5.74, 6) is 1.34. The van der Waals surface area contributed by atoms with Crippen LogP contribution in [-0.2, 0) is 4.79 Å². The summed E-state index contributed by atoms with van der Waals surface area (Å²) in [7, 11) is 0. The van der Waals surface area contributed by atoms with Gasteiger partial charge < -0.3 is 19.6 Å². The molecule has 1 atom stereocenters. The lowest BCUT2D eigenvalue weighted by molar-refractivity contribution is -0.124. The lowest BCUT2D eigenvalue weighted by atomic mass is 9.86. The number of hydrogen-bond donors (Lipinski definition) is 1. The van der Waals surface area contributed by atoms with Gasteiger partial charge >= 0.3 is 0 Å². The topological polar surface area (TPSA) is 53.0 Å². The number of β-amino-alcohol motifs (C(OH)–C–C–N with tert-alkyl or cyclic N) is 1. The van der Waals surface area contributed by atoms with Crippen LogP contribution < -0.4 is 4.74 Å². The second-order valence-corrected chi connectivity index (χ2v) is 10.0. The molecular weight excluding hydrogens is 448 g/mol. The number of fused-ring (bicyclic) bond motifs is 1. The van der Waals surface area contributed by atoms with E-state index >= 15 is 0 Å². The number of hydrogen-bond acceptors (Lipinski definition) is 4. The van der Waals surface area contributed by atoms with E-state index in [1.807, 2.05) is 35.2 Å². The van der Waals surface area contributed by atoms with Crippen molar-refractivity contribution in [2.45, 2.75) is 37.7 Å². The molecule has 1 N–H and O–H groups in total. The standard InChI is InChI=1S/C31H36N2O3/c34-27(23-36-28-10-5-7-24(21-28)13-14-31(35)33-17-3-4-18-33)22-32-19-15-26(16-20-32)30-12-6-9-25-8-1-2-11-29(25)30/h1-2,5-14,21,26-27,34H,3-4,15-20,22-23H2. The zero-order chi connectivity index (χ0) is 24.7. The molecule has 2 aliphatic heterocycles. The van der Waals surface area contributed by atoms with Gasteiger partial charge in [-0.05, 0) is 84.8 Å². The maximum atomic E-state index is 12.2. The van der Waals surface area contributed by atoms with Crippen molar-refractivity contribution in [3.05, 3.63) is 83.9 Å². The van der Waals surface area contributed by atoms with Crippen LogP contribution in [0.3, 0.4) is 0 Å². The molecule has 3 aromatic carbocycles. The average molecular weight is 485 g/mol. The summed E-state index contributed by atoms with van der Waals surface area (Å²) < 4.78 is 5.89. The Morgan fingerprint density at radius 3 is 2.56 bits per heavy atom. The van der Waals surface area contributed by atoms with E-state index in [4.69, 9.17) is 4.74 Å². The third-order valence-corrected chi connectivity index (χ3v) is 7.46. The molecule has 0 bridgehead atoms. The summed E-state index contributed by atoms with van der Waals surface area (Å²) in [4.78, 5) is 16.5. The molecule has 5 heteroatoms. The van der Waals surface area contributed by atoms with Gasteiger partial charge in [-0.25, -0.2) is 0 Å². The summed E-state index contributed by atoms with van der Waals surface area (Å²) in [5, 5.41) is 13.3. The van der Waals surface area contributed by atoms with E-state index in [0.29, 0.717) is 18.2 Å². The van der Waals surface area contributed by atoms with Gasteiger partial charge in [0.1, 0.15) is 18.5 Å². The van der Waals surface area contributed by atoms with Crippen LogP contribution in [0.5, 0.6) is 5.75 Å². The van der Waals surface area contributed by atoms with Crippen LogP contribution in [-0.4, -0.2) is 66.2 Å². The van der Waals surface area contributed by atoms with Crippen molar-refractivity contribution in [1.82, 2.24) is 9.80 Å². The SMILES string of the molecule is O=C(C=Cc1cccc(OCC(O)CN2CCC(c3cccc4ccccc34)CC2)c1)N1CCCC1. The van der Waals surface area contributed by atoms with E-state index in [2.05, 4.69) is 47.4 Å². The molecule has 1 unspecified atom stereocenters. The van der Waals surface area contributed by atoms with Gasteiger partial charge in [0.05, 0.1) is 0 Å². The second kappa shape index (κ2) is 11.7. The lowest BCUT2D eigenvalue weighted by Crippen LogP contribution is -2.40. The highest BCUT2D eigenvalue weighted by Gasteiger charge is 2.23. The van der Waals surface area contributed by atoms with Crippen LogP contribution in [0.25, 0.3) is 16.8 Å². The monoisotopic (exact) mass is 484 g/mol. The smallest absolute Gasteiger partial charge is 0.246 e. The summed E-state index contributed by atoms with van der Waals surface area (Å²) in [6.45, 7) is 4.54. The predicted octanol–water partition coefficient (Wildman–Crippen LogP) is 5.09. The summed E-state index contributed by atoms with van der Waals surface area (Å²) >= 11 is 0. The van der Waals surface area contributed by atoms with Crippen molar-refractivity contribution in [2.24, 2.45) is 0 Å². The van der Waals surface area contributed by atoms with Gasteiger partial charge in [0.15, 0.2) is 0 Å². The van der Waals surface area contributed by atoms with E-state index in [-0.39, 0.29) is 12.5 Å². The number of carbonyl (C=O) groups is 1. The molecule has 0 spiro atoms. The highest BCUT2D eigenvalue weighted by molar-refractivity contribution is 5.92. The number of piperidine rings is 1.